The van der Waals surface area contributed by atoms with Crippen molar-refractivity contribution in [1.29, 1.82) is 0 Å². The number of para-hydroxylation sites is 3. The highest BCUT2D eigenvalue weighted by Gasteiger charge is 2.12. The Balaban J connectivity index is 1.27. The number of rotatable bonds is 10. The van der Waals surface area contributed by atoms with Gasteiger partial charge in [-0.05, 0) is 59.5 Å². The first-order chi connectivity index (χ1) is 16.8. The second-order valence-corrected chi connectivity index (χ2v) is 8.27. The Morgan fingerprint density at radius 1 is 0.824 bits per heavy atom. The van der Waals surface area contributed by atoms with E-state index in [9.17, 15) is 0 Å². The fraction of sp³-hybridized carbons (Fsp3) is 0.167. The topological polar surface area (TPSA) is 36.3 Å². The lowest BCUT2D eigenvalue weighted by Gasteiger charge is -2.13. The lowest BCUT2D eigenvalue weighted by Crippen LogP contribution is -2.10. The van der Waals surface area contributed by atoms with E-state index in [0.717, 1.165) is 53.3 Å². The van der Waals surface area contributed by atoms with Gasteiger partial charge >= 0.3 is 0 Å². The molecule has 0 saturated carbocycles. The van der Waals surface area contributed by atoms with Crippen LogP contribution in [0.1, 0.15) is 17.8 Å². The second kappa shape index (κ2) is 10.3. The average Bonchev–Trinajstić information content (AvgIpc) is 3.23. The predicted octanol–water partition coefficient (Wildman–Crippen LogP) is 6.97. The lowest BCUT2D eigenvalue weighted by atomic mass is 10.1. The van der Waals surface area contributed by atoms with Gasteiger partial charge in [-0.2, -0.15) is 0 Å². The monoisotopic (exact) mass is 448 g/mol. The van der Waals surface area contributed by atoms with E-state index in [1.54, 1.807) is 0 Å². The first-order valence-electron chi connectivity index (χ1n) is 11.7. The number of ether oxygens (including phenoxy) is 2. The SMILES string of the molecule is C=CCc1ccccc1OCc1nc2ccccc2n1CCCOc1ccc2ccccc2c1. The quantitative estimate of drug-likeness (QED) is 0.171. The summed E-state index contributed by atoms with van der Waals surface area (Å²) in [5, 5.41) is 2.41. The molecule has 34 heavy (non-hydrogen) atoms. The van der Waals surface area contributed by atoms with Crippen molar-refractivity contribution >= 4 is 21.8 Å². The number of benzene rings is 4. The van der Waals surface area contributed by atoms with Crippen LogP contribution >= 0.6 is 0 Å². The molecule has 170 valence electrons. The van der Waals surface area contributed by atoms with E-state index in [-0.39, 0.29) is 0 Å². The van der Waals surface area contributed by atoms with Gasteiger partial charge in [0.1, 0.15) is 23.9 Å². The summed E-state index contributed by atoms with van der Waals surface area (Å²) in [6.07, 6.45) is 3.54. The zero-order valence-corrected chi connectivity index (χ0v) is 19.2. The molecule has 1 heterocycles. The van der Waals surface area contributed by atoms with E-state index < -0.39 is 0 Å². The normalized spacial score (nSPS) is 11.1. The number of hydrogen-bond donors (Lipinski definition) is 0. The molecule has 0 fully saturated rings. The van der Waals surface area contributed by atoms with Crippen LogP contribution in [0.4, 0.5) is 0 Å². The average molecular weight is 449 g/mol. The molecule has 4 heteroatoms. The maximum absolute atomic E-state index is 6.20. The third-order valence-corrected chi connectivity index (χ3v) is 5.94. The molecule has 5 aromatic rings. The highest BCUT2D eigenvalue weighted by atomic mass is 16.5. The van der Waals surface area contributed by atoms with E-state index in [1.165, 1.54) is 10.8 Å². The van der Waals surface area contributed by atoms with E-state index in [2.05, 4.69) is 65.7 Å². The molecule has 0 unspecified atom stereocenters. The van der Waals surface area contributed by atoms with Crippen LogP contribution in [0.3, 0.4) is 0 Å². The fourth-order valence-electron chi connectivity index (χ4n) is 4.27. The summed E-state index contributed by atoms with van der Waals surface area (Å²) >= 11 is 0. The number of imidazole rings is 1. The van der Waals surface area contributed by atoms with Crippen molar-refractivity contribution in [2.45, 2.75) is 26.0 Å². The van der Waals surface area contributed by atoms with Crippen LogP contribution in [0.5, 0.6) is 11.5 Å². The molecule has 0 atom stereocenters. The van der Waals surface area contributed by atoms with Gasteiger partial charge in [0.05, 0.1) is 17.6 Å². The highest BCUT2D eigenvalue weighted by Crippen LogP contribution is 2.23. The lowest BCUT2D eigenvalue weighted by molar-refractivity contribution is 0.279. The van der Waals surface area contributed by atoms with Crippen molar-refractivity contribution in [3.05, 3.63) is 115 Å². The molecule has 1 aromatic heterocycles. The van der Waals surface area contributed by atoms with Gasteiger partial charge in [0, 0.05) is 6.54 Å². The third kappa shape index (κ3) is 4.81. The van der Waals surface area contributed by atoms with Gasteiger partial charge in [-0.15, -0.1) is 6.58 Å². The first-order valence-corrected chi connectivity index (χ1v) is 11.7. The van der Waals surface area contributed by atoms with Crippen LogP contribution in [-0.2, 0) is 19.6 Å². The Bertz CT molecular complexity index is 1420. The molecule has 4 aromatic carbocycles. The minimum Gasteiger partial charge on any atom is -0.494 e. The van der Waals surface area contributed by atoms with Gasteiger partial charge in [-0.3, -0.25) is 0 Å². The van der Waals surface area contributed by atoms with Gasteiger partial charge < -0.3 is 14.0 Å². The van der Waals surface area contributed by atoms with E-state index in [4.69, 9.17) is 14.5 Å². The molecule has 0 bridgehead atoms. The number of hydrogen-bond acceptors (Lipinski definition) is 3. The summed E-state index contributed by atoms with van der Waals surface area (Å²) in [6, 6.07) is 30.9. The number of fused-ring (bicyclic) bond motifs is 2. The van der Waals surface area contributed by atoms with Gasteiger partial charge in [-0.25, -0.2) is 4.98 Å². The maximum Gasteiger partial charge on any atom is 0.148 e. The predicted molar refractivity (Wildman–Crippen MR) is 138 cm³/mol. The Kier molecular flexibility index (Phi) is 6.57. The van der Waals surface area contributed by atoms with Gasteiger partial charge in [0.25, 0.3) is 0 Å². The molecule has 0 amide bonds. The standard InChI is InChI=1S/C30H28N2O2/c1-2-10-24-12-5-8-16-29(24)34-22-30-31-27-14-6-7-15-28(27)32(30)19-9-20-33-26-18-17-23-11-3-4-13-25(23)21-26/h2-8,11-18,21H,1,9-10,19-20,22H2. The van der Waals surface area contributed by atoms with Crippen LogP contribution in [-0.4, -0.2) is 16.2 Å². The van der Waals surface area contributed by atoms with Gasteiger partial charge in [0.15, 0.2) is 0 Å². The summed E-state index contributed by atoms with van der Waals surface area (Å²) in [7, 11) is 0. The largest absolute Gasteiger partial charge is 0.494 e. The fourth-order valence-corrected chi connectivity index (χ4v) is 4.27. The molecule has 4 nitrogen and oxygen atoms in total. The van der Waals surface area contributed by atoms with Crippen LogP contribution in [0.15, 0.2) is 104 Å². The molecular weight excluding hydrogens is 420 g/mol. The molecular formula is C30H28N2O2. The van der Waals surface area contributed by atoms with Crippen LogP contribution in [0.2, 0.25) is 0 Å². The van der Waals surface area contributed by atoms with Crippen molar-refractivity contribution in [2.24, 2.45) is 0 Å². The zero-order chi connectivity index (χ0) is 23.2. The van der Waals surface area contributed by atoms with Crippen LogP contribution in [0.25, 0.3) is 21.8 Å². The molecule has 5 rings (SSSR count). The molecule has 0 N–H and O–H groups in total. The van der Waals surface area contributed by atoms with E-state index in [1.807, 2.05) is 42.5 Å². The highest BCUT2D eigenvalue weighted by molar-refractivity contribution is 5.83. The Morgan fingerprint density at radius 2 is 1.62 bits per heavy atom. The summed E-state index contributed by atoms with van der Waals surface area (Å²) in [5.41, 5.74) is 3.23. The summed E-state index contributed by atoms with van der Waals surface area (Å²) in [4.78, 5) is 4.85. The van der Waals surface area contributed by atoms with Crippen molar-refractivity contribution < 1.29 is 9.47 Å². The van der Waals surface area contributed by atoms with E-state index in [0.29, 0.717) is 13.2 Å². The van der Waals surface area contributed by atoms with E-state index >= 15 is 0 Å². The molecule has 0 aliphatic heterocycles. The third-order valence-electron chi connectivity index (χ3n) is 5.94. The summed E-state index contributed by atoms with van der Waals surface area (Å²) in [5.74, 6) is 2.69. The van der Waals surface area contributed by atoms with Crippen molar-refractivity contribution in [3.63, 3.8) is 0 Å². The number of aryl methyl sites for hydroxylation is 1. The number of allylic oxidation sites excluding steroid dienone is 1. The summed E-state index contributed by atoms with van der Waals surface area (Å²) < 4.78 is 14.5. The van der Waals surface area contributed by atoms with Gasteiger partial charge in [-0.1, -0.05) is 66.7 Å². The maximum atomic E-state index is 6.20. The minimum atomic E-state index is 0.411. The van der Waals surface area contributed by atoms with Crippen LogP contribution in [0, 0.1) is 0 Å². The van der Waals surface area contributed by atoms with Crippen molar-refractivity contribution in [2.75, 3.05) is 6.61 Å². The molecule has 0 radical (unpaired) electrons. The Labute approximate surface area is 200 Å². The first kappa shape index (κ1) is 21.8. The van der Waals surface area contributed by atoms with Crippen LogP contribution < -0.4 is 9.47 Å². The number of nitrogens with zero attached hydrogens (tertiary/aromatic N) is 2. The van der Waals surface area contributed by atoms with Gasteiger partial charge in [0.2, 0.25) is 0 Å². The summed E-state index contributed by atoms with van der Waals surface area (Å²) in [6.45, 7) is 5.70. The molecule has 0 aliphatic rings. The smallest absolute Gasteiger partial charge is 0.148 e. The second-order valence-electron chi connectivity index (χ2n) is 8.27. The van der Waals surface area contributed by atoms with Crippen molar-refractivity contribution in [1.82, 2.24) is 9.55 Å². The minimum absolute atomic E-state index is 0.411. The molecule has 0 spiro atoms. The zero-order valence-electron chi connectivity index (χ0n) is 19.2. The number of aromatic nitrogens is 2. The molecule has 0 aliphatic carbocycles. The Hall–Kier alpha value is -4.05. The van der Waals surface area contributed by atoms with Crippen molar-refractivity contribution in [3.8, 4) is 11.5 Å². The molecule has 0 saturated heterocycles. The Morgan fingerprint density at radius 3 is 2.53 bits per heavy atom.